The van der Waals surface area contributed by atoms with E-state index < -0.39 is 0 Å². The molecule has 0 bridgehead atoms. The van der Waals surface area contributed by atoms with Crippen LogP contribution in [0.25, 0.3) is 0 Å². The van der Waals surface area contributed by atoms with Crippen LogP contribution in [0.3, 0.4) is 0 Å². The second kappa shape index (κ2) is 10.8. The molecular weight excluding hydrogens is 380 g/mol. The predicted molar refractivity (Wildman–Crippen MR) is 117 cm³/mol. The normalized spacial score (nSPS) is 15.8. The van der Waals surface area contributed by atoms with Gasteiger partial charge in [-0.15, -0.1) is 0 Å². The molecule has 1 unspecified atom stereocenters. The molecule has 2 aromatic rings. The van der Waals surface area contributed by atoms with Crippen molar-refractivity contribution in [2.75, 3.05) is 25.1 Å². The molecular formula is C24H30N2O4. The Morgan fingerprint density at radius 2 is 1.70 bits per heavy atom. The van der Waals surface area contributed by atoms with Crippen LogP contribution in [0, 0.1) is 5.92 Å². The van der Waals surface area contributed by atoms with Gasteiger partial charge in [0.05, 0.1) is 12.7 Å². The first-order chi connectivity index (χ1) is 14.5. The van der Waals surface area contributed by atoms with E-state index in [9.17, 15) is 9.59 Å². The molecule has 3 rings (SSSR count). The summed E-state index contributed by atoms with van der Waals surface area (Å²) in [6.45, 7) is 6.26. The zero-order valence-electron chi connectivity index (χ0n) is 17.6. The van der Waals surface area contributed by atoms with Gasteiger partial charge in [0.1, 0.15) is 5.75 Å². The molecule has 0 aromatic heterocycles. The van der Waals surface area contributed by atoms with E-state index in [0.29, 0.717) is 35.9 Å². The molecule has 160 valence electrons. The number of ether oxygens (including phenoxy) is 2. The van der Waals surface area contributed by atoms with Gasteiger partial charge in [0, 0.05) is 30.0 Å². The molecule has 0 saturated carbocycles. The van der Waals surface area contributed by atoms with E-state index in [4.69, 9.17) is 9.47 Å². The average molecular weight is 411 g/mol. The van der Waals surface area contributed by atoms with Gasteiger partial charge in [-0.2, -0.15) is 0 Å². The summed E-state index contributed by atoms with van der Waals surface area (Å²) in [4.78, 5) is 24.7. The van der Waals surface area contributed by atoms with Crippen molar-refractivity contribution in [3.8, 4) is 5.75 Å². The van der Waals surface area contributed by atoms with E-state index in [-0.39, 0.29) is 17.9 Å². The Morgan fingerprint density at radius 1 is 1.03 bits per heavy atom. The summed E-state index contributed by atoms with van der Waals surface area (Å²) in [6.07, 6.45) is 3.13. The fourth-order valence-electron chi connectivity index (χ4n) is 3.14. The molecule has 1 saturated heterocycles. The zero-order chi connectivity index (χ0) is 21.3. The summed E-state index contributed by atoms with van der Waals surface area (Å²) >= 11 is 0. The summed E-state index contributed by atoms with van der Waals surface area (Å²) < 4.78 is 11.2. The Hall–Kier alpha value is -2.86. The lowest BCUT2D eigenvalue weighted by Crippen LogP contribution is -2.31. The molecule has 1 aliphatic heterocycles. The van der Waals surface area contributed by atoms with Crippen molar-refractivity contribution in [1.29, 1.82) is 0 Å². The third-order valence-corrected chi connectivity index (χ3v) is 5.00. The van der Waals surface area contributed by atoms with Gasteiger partial charge in [0.15, 0.2) is 0 Å². The Kier molecular flexibility index (Phi) is 7.85. The van der Waals surface area contributed by atoms with Crippen molar-refractivity contribution < 1.29 is 19.1 Å². The number of rotatable bonds is 9. The van der Waals surface area contributed by atoms with E-state index in [0.717, 1.165) is 31.6 Å². The lowest BCUT2D eigenvalue weighted by Gasteiger charge is -2.11. The molecule has 2 aromatic carbocycles. The molecule has 1 atom stereocenters. The van der Waals surface area contributed by atoms with Crippen molar-refractivity contribution in [3.63, 3.8) is 0 Å². The molecule has 1 fully saturated rings. The molecule has 0 spiro atoms. The number of hydrogen-bond acceptors (Lipinski definition) is 4. The number of nitrogens with one attached hydrogen (secondary N) is 2. The number of amides is 2. The first-order valence-electron chi connectivity index (χ1n) is 10.6. The van der Waals surface area contributed by atoms with Gasteiger partial charge >= 0.3 is 0 Å². The first kappa shape index (κ1) is 21.8. The van der Waals surface area contributed by atoms with Gasteiger partial charge < -0.3 is 20.1 Å². The minimum Gasteiger partial charge on any atom is -0.494 e. The number of hydrogen-bond donors (Lipinski definition) is 2. The molecule has 6 nitrogen and oxygen atoms in total. The molecule has 1 aliphatic rings. The van der Waals surface area contributed by atoms with Crippen LogP contribution in [0.1, 0.15) is 53.8 Å². The third kappa shape index (κ3) is 6.59. The maximum Gasteiger partial charge on any atom is 0.255 e. The van der Waals surface area contributed by atoms with Crippen LogP contribution < -0.4 is 15.4 Å². The minimum atomic E-state index is -0.209. The van der Waals surface area contributed by atoms with Gasteiger partial charge in [-0.3, -0.25) is 9.59 Å². The second-order valence-corrected chi connectivity index (χ2v) is 7.93. The highest BCUT2D eigenvalue weighted by Crippen LogP contribution is 2.16. The standard InChI is InChI=1S/C24H30N2O4/c1-17(2)13-15-30-21-11-7-19(8-12-21)24(28)26-20-9-5-18(6-10-20)23(27)25-16-22-4-3-14-29-22/h5-12,17,22H,3-4,13-16H2,1-2H3,(H,25,27)(H,26,28). The molecule has 1 heterocycles. The van der Waals surface area contributed by atoms with Crippen LogP contribution in [-0.2, 0) is 4.74 Å². The lowest BCUT2D eigenvalue weighted by molar-refractivity contribution is 0.0857. The quantitative estimate of drug-likeness (QED) is 0.647. The molecule has 30 heavy (non-hydrogen) atoms. The van der Waals surface area contributed by atoms with Crippen LogP contribution in [0.15, 0.2) is 48.5 Å². The number of anilines is 1. The topological polar surface area (TPSA) is 76.7 Å². The van der Waals surface area contributed by atoms with E-state index >= 15 is 0 Å². The van der Waals surface area contributed by atoms with E-state index in [2.05, 4.69) is 24.5 Å². The SMILES string of the molecule is CC(C)CCOc1ccc(C(=O)Nc2ccc(C(=O)NCC3CCCO3)cc2)cc1. The Balaban J connectivity index is 1.48. The smallest absolute Gasteiger partial charge is 0.255 e. The Labute approximate surface area is 178 Å². The summed E-state index contributed by atoms with van der Waals surface area (Å²) in [5, 5.41) is 5.74. The lowest BCUT2D eigenvalue weighted by atomic mass is 10.1. The van der Waals surface area contributed by atoms with Crippen LogP contribution in [0.4, 0.5) is 5.69 Å². The minimum absolute atomic E-state index is 0.111. The molecule has 0 radical (unpaired) electrons. The maximum atomic E-state index is 12.5. The molecule has 2 N–H and O–H groups in total. The second-order valence-electron chi connectivity index (χ2n) is 7.93. The summed E-state index contributed by atoms with van der Waals surface area (Å²) in [6, 6.07) is 13.9. The Morgan fingerprint density at radius 3 is 2.33 bits per heavy atom. The number of carbonyl (C=O) groups excluding carboxylic acids is 2. The van der Waals surface area contributed by atoms with E-state index in [1.165, 1.54) is 0 Å². The van der Waals surface area contributed by atoms with Crippen molar-refractivity contribution >= 4 is 17.5 Å². The van der Waals surface area contributed by atoms with Gasteiger partial charge in [-0.25, -0.2) is 0 Å². The highest BCUT2D eigenvalue weighted by atomic mass is 16.5. The Bertz CT molecular complexity index is 825. The van der Waals surface area contributed by atoms with Crippen LogP contribution in [0.2, 0.25) is 0 Å². The molecule has 2 amide bonds. The highest BCUT2D eigenvalue weighted by Gasteiger charge is 2.16. The van der Waals surface area contributed by atoms with Crippen LogP contribution in [0.5, 0.6) is 5.75 Å². The highest BCUT2D eigenvalue weighted by molar-refractivity contribution is 6.04. The largest absolute Gasteiger partial charge is 0.494 e. The van der Waals surface area contributed by atoms with Gasteiger partial charge in [-0.05, 0) is 73.7 Å². The summed E-state index contributed by atoms with van der Waals surface area (Å²) in [7, 11) is 0. The molecule has 6 heteroatoms. The van der Waals surface area contributed by atoms with Crippen molar-refractivity contribution in [2.45, 2.75) is 39.2 Å². The van der Waals surface area contributed by atoms with Gasteiger partial charge in [0.25, 0.3) is 11.8 Å². The summed E-state index contributed by atoms with van der Waals surface area (Å²) in [5.74, 6) is 0.996. The van der Waals surface area contributed by atoms with Crippen molar-refractivity contribution in [2.24, 2.45) is 5.92 Å². The van der Waals surface area contributed by atoms with E-state index in [1.807, 2.05) is 0 Å². The zero-order valence-corrected chi connectivity index (χ0v) is 17.6. The molecule has 0 aliphatic carbocycles. The fraction of sp³-hybridized carbons (Fsp3) is 0.417. The van der Waals surface area contributed by atoms with Crippen LogP contribution in [-0.4, -0.2) is 37.7 Å². The third-order valence-electron chi connectivity index (χ3n) is 5.00. The monoisotopic (exact) mass is 410 g/mol. The number of benzene rings is 2. The predicted octanol–water partition coefficient (Wildman–Crippen LogP) is 4.27. The van der Waals surface area contributed by atoms with Crippen molar-refractivity contribution in [3.05, 3.63) is 59.7 Å². The first-order valence-corrected chi connectivity index (χ1v) is 10.6. The van der Waals surface area contributed by atoms with Gasteiger partial charge in [-0.1, -0.05) is 13.8 Å². The maximum absolute atomic E-state index is 12.5. The average Bonchev–Trinajstić information content (AvgIpc) is 3.26. The fourth-order valence-corrected chi connectivity index (χ4v) is 3.14. The summed E-state index contributed by atoms with van der Waals surface area (Å²) in [5.41, 5.74) is 1.73. The van der Waals surface area contributed by atoms with E-state index in [1.54, 1.807) is 48.5 Å². The number of carbonyl (C=O) groups is 2. The van der Waals surface area contributed by atoms with Crippen LogP contribution >= 0.6 is 0 Å². The van der Waals surface area contributed by atoms with Crippen molar-refractivity contribution in [1.82, 2.24) is 5.32 Å². The van der Waals surface area contributed by atoms with Gasteiger partial charge in [0.2, 0.25) is 0 Å².